The van der Waals surface area contributed by atoms with Crippen molar-refractivity contribution in [3.63, 3.8) is 0 Å². The van der Waals surface area contributed by atoms with Crippen LogP contribution in [0.4, 0.5) is 28.9 Å². The lowest BCUT2D eigenvalue weighted by atomic mass is 9.85. The van der Waals surface area contributed by atoms with Crippen LogP contribution in [0.3, 0.4) is 0 Å². The van der Waals surface area contributed by atoms with Crippen LogP contribution < -0.4 is 20.4 Å². The van der Waals surface area contributed by atoms with Gasteiger partial charge in [-0.15, -0.1) is 11.3 Å². The van der Waals surface area contributed by atoms with Gasteiger partial charge in [-0.3, -0.25) is 29.0 Å². The molecule has 3 aliphatic heterocycles. The Morgan fingerprint density at radius 2 is 1.66 bits per heavy atom. The van der Waals surface area contributed by atoms with E-state index in [0.717, 1.165) is 38.7 Å². The minimum Gasteiger partial charge on any atom is -0.350 e. The van der Waals surface area contributed by atoms with E-state index < -0.39 is 57.8 Å². The molecular weight excluding hydrogens is 917 g/mol. The van der Waals surface area contributed by atoms with Gasteiger partial charge in [0.25, 0.3) is 5.91 Å². The number of rotatable bonds is 10. The number of thiazole rings is 1. The molecule has 0 spiro atoms. The summed E-state index contributed by atoms with van der Waals surface area (Å²) in [7, 11) is 0. The van der Waals surface area contributed by atoms with Gasteiger partial charge >= 0.3 is 6.18 Å². The summed E-state index contributed by atoms with van der Waals surface area (Å²) in [5.41, 5.74) is 0.489. The molecule has 0 aliphatic carbocycles. The normalized spacial score (nSPS) is 18.2. The average molecular weight is 969 g/mol. The first-order valence-electron chi connectivity index (χ1n) is 22.3. The number of alkyl halides is 3. The van der Waals surface area contributed by atoms with Gasteiger partial charge in [0.15, 0.2) is 10.9 Å². The fourth-order valence-corrected chi connectivity index (χ4v) is 10.2. The highest BCUT2D eigenvalue weighted by atomic mass is 32.1. The number of carbonyl (C=O) groups is 4. The lowest BCUT2D eigenvalue weighted by Gasteiger charge is -2.36. The van der Waals surface area contributed by atoms with Crippen LogP contribution in [0.2, 0.25) is 0 Å². The van der Waals surface area contributed by atoms with Crippen LogP contribution in [0.25, 0.3) is 10.4 Å². The second-order valence-electron chi connectivity index (χ2n) is 18.9. The molecule has 3 aliphatic rings. The van der Waals surface area contributed by atoms with E-state index >= 15 is 4.39 Å². The van der Waals surface area contributed by atoms with Crippen molar-refractivity contribution in [1.82, 2.24) is 25.4 Å². The van der Waals surface area contributed by atoms with E-state index in [9.17, 15) is 37.6 Å². The van der Waals surface area contributed by atoms with Crippen molar-refractivity contribution in [3.05, 3.63) is 99.9 Å². The number of aromatic nitrogens is 1. The number of piperidine rings is 1. The number of nitrogens with zero attached hydrogens (tertiary/aromatic N) is 6. The first-order valence-corrected chi connectivity index (χ1v) is 23.6. The Morgan fingerprint density at radius 1 is 0.985 bits per heavy atom. The lowest BCUT2D eigenvalue weighted by Crippen LogP contribution is -2.58. The van der Waals surface area contributed by atoms with Crippen molar-refractivity contribution in [3.8, 4) is 28.4 Å². The maximum Gasteiger partial charge on any atom is 0.420 e. The maximum atomic E-state index is 15.4. The van der Waals surface area contributed by atoms with Gasteiger partial charge in [0.1, 0.15) is 23.2 Å². The molecule has 4 aromatic rings. The van der Waals surface area contributed by atoms with E-state index in [1.165, 1.54) is 24.8 Å². The summed E-state index contributed by atoms with van der Waals surface area (Å²) in [6.45, 7) is 12.8. The van der Waals surface area contributed by atoms with E-state index in [-0.39, 0.29) is 35.3 Å². The predicted octanol–water partition coefficient (Wildman–Crippen LogP) is 7.97. The molecule has 0 radical (unpaired) electrons. The van der Waals surface area contributed by atoms with Crippen molar-refractivity contribution in [2.45, 2.75) is 97.6 Å². The number of carbonyl (C=O) groups excluding carboxylic acids is 4. The van der Waals surface area contributed by atoms with Gasteiger partial charge < -0.3 is 20.4 Å². The van der Waals surface area contributed by atoms with E-state index in [1.807, 2.05) is 62.4 Å². The molecule has 2 N–H and O–H groups in total. The number of nitriles is 1. The average Bonchev–Trinajstić information content (AvgIpc) is 4.00. The van der Waals surface area contributed by atoms with Gasteiger partial charge in [-0.05, 0) is 125 Å². The van der Waals surface area contributed by atoms with Gasteiger partial charge in [0.2, 0.25) is 17.7 Å². The van der Waals surface area contributed by atoms with Gasteiger partial charge in [-0.25, -0.2) is 9.37 Å². The van der Waals surface area contributed by atoms with Gasteiger partial charge in [-0.2, -0.15) is 18.4 Å². The molecular formula is C50H52F4N8O4S2. The van der Waals surface area contributed by atoms with Gasteiger partial charge in [0.05, 0.1) is 39.9 Å². The smallest absolute Gasteiger partial charge is 0.350 e. The molecule has 68 heavy (non-hydrogen) atoms. The van der Waals surface area contributed by atoms with Crippen LogP contribution in [0, 0.1) is 47.2 Å². The van der Waals surface area contributed by atoms with Crippen molar-refractivity contribution in [1.29, 1.82) is 5.26 Å². The van der Waals surface area contributed by atoms with Crippen LogP contribution in [0.15, 0.2) is 66.2 Å². The molecule has 0 bridgehead atoms. The van der Waals surface area contributed by atoms with E-state index in [4.69, 9.17) is 12.2 Å². The third-order valence-corrected chi connectivity index (χ3v) is 14.0. The zero-order valence-corrected chi connectivity index (χ0v) is 40.2. The number of likely N-dealkylation sites (tertiary alicyclic amines) is 2. The standard InChI is InChI=1S/C50H52F4N8O4S2/c1-30-42(68-29-57-30)34-15-11-33(12-16-34)27-56-44(64)38-8-7-23-60(38)45(65)43(48(2,3)4)58-39(63)28-59-24-21-32(22-25-59)10-9-31-13-18-36(19-14-31)62-47(67)61(46(66)49(62,5)6)37-20-17-35(26-55)40(41(37)51)50(52,53)54/h11-20,29,32,38,43H,7-8,21-25,27-28H2,1-6H3,(H,56,64)(H,58,63). The molecule has 7 rings (SSSR count). The van der Waals surface area contributed by atoms with E-state index in [1.54, 1.807) is 40.5 Å². The van der Waals surface area contributed by atoms with Crippen molar-refractivity contribution < 1.29 is 36.7 Å². The number of benzene rings is 3. The molecule has 12 nitrogen and oxygen atoms in total. The summed E-state index contributed by atoms with van der Waals surface area (Å²) < 4.78 is 56.8. The monoisotopic (exact) mass is 968 g/mol. The maximum absolute atomic E-state index is 15.4. The third-order valence-electron chi connectivity index (χ3n) is 12.6. The molecule has 0 saturated carbocycles. The summed E-state index contributed by atoms with van der Waals surface area (Å²) in [4.78, 5) is 65.9. The highest BCUT2D eigenvalue weighted by Crippen LogP contribution is 2.42. The summed E-state index contributed by atoms with van der Waals surface area (Å²) in [6.07, 6.45) is -2.56. The zero-order chi connectivity index (χ0) is 49.3. The van der Waals surface area contributed by atoms with E-state index in [0.29, 0.717) is 63.1 Å². The molecule has 4 amide bonds. The van der Waals surface area contributed by atoms with Crippen LogP contribution in [-0.4, -0.2) is 87.3 Å². The zero-order valence-electron chi connectivity index (χ0n) is 38.6. The largest absolute Gasteiger partial charge is 0.420 e. The summed E-state index contributed by atoms with van der Waals surface area (Å²) in [5.74, 6) is 3.25. The summed E-state index contributed by atoms with van der Waals surface area (Å²) in [5, 5.41) is 15.0. The fraction of sp³-hybridized carbons (Fsp3) is 0.420. The third kappa shape index (κ3) is 10.4. The molecule has 2 unspecified atom stereocenters. The van der Waals surface area contributed by atoms with E-state index in [2.05, 4.69) is 27.5 Å². The number of thiocarbonyl (C=S) groups is 1. The number of amides is 4. The predicted molar refractivity (Wildman–Crippen MR) is 255 cm³/mol. The molecule has 2 atom stereocenters. The number of hydrogen-bond acceptors (Lipinski definition) is 9. The lowest BCUT2D eigenvalue weighted by molar-refractivity contribution is -0.144. The quantitative estimate of drug-likeness (QED) is 0.0920. The van der Waals surface area contributed by atoms with Crippen LogP contribution in [0.1, 0.15) is 88.2 Å². The van der Waals surface area contributed by atoms with Crippen LogP contribution in [-0.2, 0) is 31.9 Å². The Hall–Kier alpha value is -6.21. The molecule has 3 fully saturated rings. The van der Waals surface area contributed by atoms with Crippen molar-refractivity contribution in [2.75, 3.05) is 36.0 Å². The Labute approximate surface area is 402 Å². The van der Waals surface area contributed by atoms with Crippen LogP contribution in [0.5, 0.6) is 0 Å². The Morgan fingerprint density at radius 3 is 2.26 bits per heavy atom. The number of halogens is 4. The molecule has 1 aromatic heterocycles. The van der Waals surface area contributed by atoms with Crippen LogP contribution >= 0.6 is 23.6 Å². The Kier molecular flexibility index (Phi) is 14.5. The molecule has 3 aromatic carbocycles. The molecule has 356 valence electrons. The minimum atomic E-state index is -5.19. The van der Waals surface area contributed by atoms with Crippen molar-refractivity contribution in [2.24, 2.45) is 11.3 Å². The first-order chi connectivity index (χ1) is 32.1. The number of aryl methyl sites for hydroxylation is 1. The highest BCUT2D eigenvalue weighted by Gasteiger charge is 2.52. The number of anilines is 2. The second kappa shape index (κ2) is 19.8. The second-order valence-corrected chi connectivity index (χ2v) is 20.1. The first kappa shape index (κ1) is 49.7. The number of hydrogen-bond donors (Lipinski definition) is 2. The number of nitrogens with one attached hydrogen (secondary N) is 2. The fourth-order valence-electron chi connectivity index (χ4n) is 8.85. The summed E-state index contributed by atoms with van der Waals surface area (Å²) >= 11 is 7.14. The topological polar surface area (TPSA) is 142 Å². The summed E-state index contributed by atoms with van der Waals surface area (Å²) in [6, 6.07) is 16.4. The highest BCUT2D eigenvalue weighted by molar-refractivity contribution is 7.81. The SMILES string of the molecule is Cc1ncsc1-c1ccc(CNC(=O)C2CCCN2C(=O)C(NC(=O)CN2CCC(C#Cc3ccc(N4C(=S)N(c5ccc(C#N)c(C(F)(F)F)c5F)C(=O)C4(C)C)cc3)CC2)C(C)(C)C)cc1. The van der Waals surface area contributed by atoms with Gasteiger partial charge in [0, 0.05) is 30.3 Å². The Bertz CT molecular complexity index is 2710. The molecule has 4 heterocycles. The van der Waals surface area contributed by atoms with Gasteiger partial charge in [-0.1, -0.05) is 56.9 Å². The minimum absolute atomic E-state index is 0.0451. The Balaban J connectivity index is 0.910. The molecule has 18 heteroatoms. The van der Waals surface area contributed by atoms with Crippen molar-refractivity contribution >= 4 is 63.7 Å². The molecule has 3 saturated heterocycles.